The number of urea groups is 1. The molecule has 3 aliphatic rings. The van der Waals surface area contributed by atoms with Crippen molar-refractivity contribution in [3.63, 3.8) is 0 Å². The van der Waals surface area contributed by atoms with E-state index in [0.29, 0.717) is 51.0 Å². The van der Waals surface area contributed by atoms with E-state index in [1.165, 1.54) is 0 Å². The number of hydrogen-bond donors (Lipinski definition) is 3. The lowest BCUT2D eigenvalue weighted by molar-refractivity contribution is 0.0287. The smallest absolute Gasteiger partial charge is 0.317 e. The Morgan fingerprint density at radius 1 is 1.10 bits per heavy atom. The quantitative estimate of drug-likeness (QED) is 0.673. The normalized spacial score (nSPS) is 27.8. The van der Waals surface area contributed by atoms with Gasteiger partial charge in [-0.15, -0.1) is 0 Å². The van der Waals surface area contributed by atoms with Crippen molar-refractivity contribution in [1.29, 1.82) is 0 Å². The molecule has 5 rings (SSSR count). The van der Waals surface area contributed by atoms with Gasteiger partial charge in [-0.1, -0.05) is 0 Å². The third-order valence-electron chi connectivity index (χ3n) is 6.89. The molecule has 0 radical (unpaired) electrons. The molecule has 9 heteroatoms. The molecular formula is C22H29N5O4. The summed E-state index contributed by atoms with van der Waals surface area (Å²) >= 11 is 0. The molecule has 0 saturated carbocycles. The molecule has 3 amide bonds. The maximum Gasteiger partial charge on any atom is 0.317 e. The summed E-state index contributed by atoms with van der Waals surface area (Å²) in [6.07, 6.45) is 4.90. The van der Waals surface area contributed by atoms with Crippen molar-refractivity contribution in [3.05, 3.63) is 30.1 Å². The van der Waals surface area contributed by atoms with Crippen molar-refractivity contribution >= 4 is 23.0 Å². The molecule has 4 heterocycles. The first-order valence-electron chi connectivity index (χ1n) is 11.2. The van der Waals surface area contributed by atoms with Gasteiger partial charge in [-0.25, -0.2) is 9.78 Å². The molecule has 2 aromatic rings. The predicted octanol–water partition coefficient (Wildman–Crippen LogP) is 0.940. The van der Waals surface area contributed by atoms with Crippen LogP contribution in [0.25, 0.3) is 11.0 Å². The van der Waals surface area contributed by atoms with Crippen LogP contribution in [-0.2, 0) is 6.54 Å². The Kier molecular flexibility index (Phi) is 5.31. The van der Waals surface area contributed by atoms with Crippen LogP contribution in [0.3, 0.4) is 0 Å². The average Bonchev–Trinajstić information content (AvgIpc) is 3.43. The van der Waals surface area contributed by atoms with Gasteiger partial charge < -0.3 is 29.9 Å². The fourth-order valence-corrected chi connectivity index (χ4v) is 5.33. The summed E-state index contributed by atoms with van der Waals surface area (Å²) in [6, 6.07) is 5.70. The summed E-state index contributed by atoms with van der Waals surface area (Å²) in [5, 5.41) is 22.4. The Morgan fingerprint density at radius 3 is 2.58 bits per heavy atom. The highest BCUT2D eigenvalue weighted by Gasteiger charge is 2.43. The van der Waals surface area contributed by atoms with Gasteiger partial charge in [0.1, 0.15) is 0 Å². The van der Waals surface area contributed by atoms with Crippen molar-refractivity contribution in [2.75, 3.05) is 19.6 Å². The highest BCUT2D eigenvalue weighted by atomic mass is 16.3. The molecule has 1 aromatic carbocycles. The van der Waals surface area contributed by atoms with Crippen LogP contribution in [0.2, 0.25) is 0 Å². The fourth-order valence-electron chi connectivity index (χ4n) is 5.33. The molecule has 3 aliphatic heterocycles. The summed E-state index contributed by atoms with van der Waals surface area (Å²) in [4.78, 5) is 33.4. The van der Waals surface area contributed by atoms with Gasteiger partial charge in [-0.2, -0.15) is 0 Å². The number of aliphatic hydroxyl groups excluding tert-OH is 2. The number of carbonyl (C=O) groups is 2. The molecule has 3 fully saturated rings. The van der Waals surface area contributed by atoms with E-state index >= 15 is 0 Å². The number of hydrogen-bond acceptors (Lipinski definition) is 5. The first kappa shape index (κ1) is 20.3. The van der Waals surface area contributed by atoms with Crippen LogP contribution >= 0.6 is 0 Å². The van der Waals surface area contributed by atoms with Crippen LogP contribution in [-0.4, -0.2) is 85.4 Å². The summed E-state index contributed by atoms with van der Waals surface area (Å²) in [6.45, 7) is 1.99. The Balaban J connectivity index is 1.23. The minimum atomic E-state index is -0.426. The molecule has 3 N–H and O–H groups in total. The Hall–Kier alpha value is -2.65. The molecule has 3 atom stereocenters. The van der Waals surface area contributed by atoms with Crippen LogP contribution in [0.15, 0.2) is 24.5 Å². The van der Waals surface area contributed by atoms with Gasteiger partial charge in [0.05, 0.1) is 29.6 Å². The SMILES string of the molecule is O=C(NCCn1cnc2cc(C(=O)N3C4CCC3CC(O)C4)ccc21)N1CCC(O)C1. The van der Waals surface area contributed by atoms with E-state index in [0.717, 1.165) is 23.9 Å². The van der Waals surface area contributed by atoms with Gasteiger partial charge >= 0.3 is 6.03 Å². The van der Waals surface area contributed by atoms with Crippen molar-refractivity contribution < 1.29 is 19.8 Å². The number of imidazole rings is 1. The van der Waals surface area contributed by atoms with E-state index in [9.17, 15) is 19.8 Å². The zero-order chi connectivity index (χ0) is 21.5. The van der Waals surface area contributed by atoms with Gasteiger partial charge in [0, 0.05) is 43.8 Å². The summed E-state index contributed by atoms with van der Waals surface area (Å²) in [7, 11) is 0. The fraction of sp³-hybridized carbons (Fsp3) is 0.591. The maximum atomic E-state index is 13.2. The van der Waals surface area contributed by atoms with E-state index in [2.05, 4.69) is 10.3 Å². The zero-order valence-corrected chi connectivity index (χ0v) is 17.5. The number of carbonyl (C=O) groups excluding carboxylic acids is 2. The standard InChI is InChI=1S/C22H29N5O4/c28-17-5-7-25(12-17)22(31)23-6-8-26-13-24-19-9-14(1-4-20(19)26)21(30)27-15-2-3-16(27)11-18(29)10-15/h1,4,9,13,15-18,28-29H,2-3,5-8,10-12H2,(H,23,31). The number of β-amino-alcohol motifs (C(OH)–C–C–N with tert-alkyl or cyclic N) is 1. The zero-order valence-electron chi connectivity index (χ0n) is 17.5. The van der Waals surface area contributed by atoms with Crippen LogP contribution in [0.4, 0.5) is 4.79 Å². The molecule has 1 aromatic heterocycles. The molecule has 31 heavy (non-hydrogen) atoms. The number of aliphatic hydroxyl groups is 2. The highest BCUT2D eigenvalue weighted by Crippen LogP contribution is 2.37. The number of likely N-dealkylation sites (tertiary alicyclic amines) is 1. The molecule has 3 unspecified atom stereocenters. The highest BCUT2D eigenvalue weighted by molar-refractivity contribution is 5.98. The number of amides is 3. The average molecular weight is 428 g/mol. The predicted molar refractivity (Wildman–Crippen MR) is 114 cm³/mol. The van der Waals surface area contributed by atoms with E-state index in [-0.39, 0.29) is 30.1 Å². The molecule has 3 saturated heterocycles. The molecule has 166 valence electrons. The van der Waals surface area contributed by atoms with Gasteiger partial charge in [0.25, 0.3) is 5.91 Å². The minimum Gasteiger partial charge on any atom is -0.393 e. The molecule has 0 aliphatic carbocycles. The Bertz CT molecular complexity index is 977. The second-order valence-corrected chi connectivity index (χ2v) is 8.98. The molecule has 9 nitrogen and oxygen atoms in total. The maximum absolute atomic E-state index is 13.2. The van der Waals surface area contributed by atoms with Crippen LogP contribution < -0.4 is 5.32 Å². The first-order valence-corrected chi connectivity index (χ1v) is 11.2. The summed E-state index contributed by atoms with van der Waals surface area (Å²) in [5.74, 6) is 0.0240. The first-order chi connectivity index (χ1) is 15.0. The van der Waals surface area contributed by atoms with Crippen LogP contribution in [0.1, 0.15) is 42.5 Å². The third kappa shape index (κ3) is 3.87. The third-order valence-corrected chi connectivity index (χ3v) is 6.89. The number of nitrogens with one attached hydrogen (secondary N) is 1. The van der Waals surface area contributed by atoms with E-state index in [1.807, 2.05) is 27.7 Å². The summed E-state index contributed by atoms with van der Waals surface area (Å²) < 4.78 is 1.96. The number of fused-ring (bicyclic) bond motifs is 3. The van der Waals surface area contributed by atoms with Crippen molar-refractivity contribution in [1.82, 2.24) is 24.7 Å². The Labute approximate surface area is 180 Å². The lowest BCUT2D eigenvalue weighted by Crippen LogP contribution is -2.48. The van der Waals surface area contributed by atoms with Crippen LogP contribution in [0, 0.1) is 0 Å². The topological polar surface area (TPSA) is 111 Å². The summed E-state index contributed by atoms with van der Waals surface area (Å²) in [5.41, 5.74) is 2.30. The second kappa shape index (κ2) is 8.12. The minimum absolute atomic E-state index is 0.0240. The molecule has 2 bridgehead atoms. The number of rotatable bonds is 4. The van der Waals surface area contributed by atoms with E-state index < -0.39 is 6.10 Å². The molecule has 0 spiro atoms. The van der Waals surface area contributed by atoms with Crippen molar-refractivity contribution in [2.45, 2.75) is 62.9 Å². The lowest BCUT2D eigenvalue weighted by Gasteiger charge is -2.37. The van der Waals surface area contributed by atoms with Crippen molar-refractivity contribution in [3.8, 4) is 0 Å². The number of nitrogens with zero attached hydrogens (tertiary/aromatic N) is 4. The van der Waals surface area contributed by atoms with E-state index in [4.69, 9.17) is 0 Å². The van der Waals surface area contributed by atoms with Gasteiger partial charge in [0.2, 0.25) is 0 Å². The number of benzene rings is 1. The molecular weight excluding hydrogens is 398 g/mol. The Morgan fingerprint density at radius 2 is 1.87 bits per heavy atom. The lowest BCUT2D eigenvalue weighted by atomic mass is 9.98. The van der Waals surface area contributed by atoms with Gasteiger partial charge in [-0.05, 0) is 50.3 Å². The van der Waals surface area contributed by atoms with Gasteiger partial charge in [0.15, 0.2) is 0 Å². The van der Waals surface area contributed by atoms with Crippen molar-refractivity contribution in [2.24, 2.45) is 0 Å². The van der Waals surface area contributed by atoms with E-state index in [1.54, 1.807) is 11.2 Å². The monoisotopic (exact) mass is 427 g/mol. The van der Waals surface area contributed by atoms with Gasteiger partial charge in [-0.3, -0.25) is 4.79 Å². The van der Waals surface area contributed by atoms with Crippen LogP contribution in [0.5, 0.6) is 0 Å². The second-order valence-electron chi connectivity index (χ2n) is 8.98. The number of piperidine rings is 1. The number of aromatic nitrogens is 2. The largest absolute Gasteiger partial charge is 0.393 e.